The number of anilines is 1. The van der Waals surface area contributed by atoms with E-state index in [1.165, 1.54) is 16.2 Å². The highest BCUT2D eigenvalue weighted by Gasteiger charge is 2.26. The zero-order chi connectivity index (χ0) is 15.7. The van der Waals surface area contributed by atoms with E-state index in [4.69, 9.17) is 0 Å². The average Bonchev–Trinajstić information content (AvgIpc) is 3.13. The van der Waals surface area contributed by atoms with Gasteiger partial charge in [0.15, 0.2) is 0 Å². The van der Waals surface area contributed by atoms with Crippen molar-refractivity contribution in [3.05, 3.63) is 38.4 Å². The summed E-state index contributed by atoms with van der Waals surface area (Å²) in [5, 5.41) is 15.0. The Morgan fingerprint density at radius 2 is 2.32 bits per heavy atom. The van der Waals surface area contributed by atoms with E-state index < -0.39 is 0 Å². The summed E-state index contributed by atoms with van der Waals surface area (Å²) < 4.78 is 0. The maximum absolute atomic E-state index is 12.2. The number of rotatable bonds is 3. The van der Waals surface area contributed by atoms with Gasteiger partial charge < -0.3 is 5.32 Å². The van der Waals surface area contributed by atoms with E-state index in [0.29, 0.717) is 21.5 Å². The minimum absolute atomic E-state index is 0.134. The third-order valence-electron chi connectivity index (χ3n) is 3.90. The maximum Gasteiger partial charge on any atom is 0.266 e. The molecule has 0 aromatic carbocycles. The van der Waals surface area contributed by atoms with Crippen molar-refractivity contribution in [1.82, 2.24) is 4.90 Å². The molecule has 22 heavy (non-hydrogen) atoms. The largest absolute Gasteiger partial charge is 0.312 e. The standard InChI is InChI=1S/C16H17N3OS2/c1-10(2)19-6-5-11-12(8-17)16(22-14(11)9-19)18-15(20)13-4-3-7-21-13/h3-4,7,10H,5-6,9H2,1-2H3,(H,18,20). The van der Waals surface area contributed by atoms with Gasteiger partial charge in [0.2, 0.25) is 0 Å². The zero-order valence-electron chi connectivity index (χ0n) is 12.5. The molecule has 1 amide bonds. The van der Waals surface area contributed by atoms with E-state index in [9.17, 15) is 10.1 Å². The SMILES string of the molecule is CC(C)N1CCc2c(sc(NC(=O)c3cccs3)c2C#N)C1. The molecule has 0 spiro atoms. The van der Waals surface area contributed by atoms with E-state index in [-0.39, 0.29) is 5.91 Å². The molecule has 0 atom stereocenters. The summed E-state index contributed by atoms with van der Waals surface area (Å²) in [5.74, 6) is -0.134. The molecule has 4 nitrogen and oxygen atoms in total. The number of amides is 1. The van der Waals surface area contributed by atoms with Crippen molar-refractivity contribution in [3.63, 3.8) is 0 Å². The van der Waals surface area contributed by atoms with Gasteiger partial charge in [-0.1, -0.05) is 6.07 Å². The normalized spacial score (nSPS) is 14.6. The Morgan fingerprint density at radius 3 is 2.95 bits per heavy atom. The van der Waals surface area contributed by atoms with Gasteiger partial charge in [0.1, 0.15) is 11.1 Å². The lowest BCUT2D eigenvalue weighted by molar-refractivity contribution is 0.103. The fourth-order valence-electron chi connectivity index (χ4n) is 2.64. The van der Waals surface area contributed by atoms with E-state index in [0.717, 1.165) is 25.1 Å². The van der Waals surface area contributed by atoms with Crippen LogP contribution in [0, 0.1) is 11.3 Å². The summed E-state index contributed by atoms with van der Waals surface area (Å²) >= 11 is 2.95. The lowest BCUT2D eigenvalue weighted by atomic mass is 10.0. The molecular formula is C16H17N3OS2. The van der Waals surface area contributed by atoms with Crippen LogP contribution in [0.15, 0.2) is 17.5 Å². The molecule has 6 heteroatoms. The highest BCUT2D eigenvalue weighted by atomic mass is 32.1. The number of nitrogens with one attached hydrogen (secondary N) is 1. The number of carbonyl (C=O) groups is 1. The van der Waals surface area contributed by atoms with Crippen LogP contribution in [0.25, 0.3) is 0 Å². The van der Waals surface area contributed by atoms with Crippen LogP contribution in [0.3, 0.4) is 0 Å². The number of nitriles is 1. The lowest BCUT2D eigenvalue weighted by Gasteiger charge is -2.30. The van der Waals surface area contributed by atoms with Gasteiger partial charge >= 0.3 is 0 Å². The summed E-state index contributed by atoms with van der Waals surface area (Å²) in [6, 6.07) is 6.41. The second-order valence-electron chi connectivity index (χ2n) is 5.57. The summed E-state index contributed by atoms with van der Waals surface area (Å²) in [6.45, 7) is 6.20. The van der Waals surface area contributed by atoms with Crippen molar-refractivity contribution in [2.45, 2.75) is 32.9 Å². The van der Waals surface area contributed by atoms with Crippen LogP contribution >= 0.6 is 22.7 Å². The molecule has 114 valence electrons. The Hall–Kier alpha value is -1.68. The predicted molar refractivity (Wildman–Crippen MR) is 90.6 cm³/mol. The molecule has 1 N–H and O–H groups in total. The quantitative estimate of drug-likeness (QED) is 0.933. The molecular weight excluding hydrogens is 314 g/mol. The van der Waals surface area contributed by atoms with Gasteiger partial charge in [-0.3, -0.25) is 9.69 Å². The monoisotopic (exact) mass is 331 g/mol. The van der Waals surface area contributed by atoms with E-state index in [2.05, 4.69) is 30.1 Å². The van der Waals surface area contributed by atoms with E-state index in [1.807, 2.05) is 11.4 Å². The first-order valence-electron chi connectivity index (χ1n) is 7.23. The smallest absolute Gasteiger partial charge is 0.266 e. The van der Waals surface area contributed by atoms with Gasteiger partial charge in [-0.25, -0.2) is 0 Å². The van der Waals surface area contributed by atoms with Crippen molar-refractivity contribution in [2.24, 2.45) is 0 Å². The van der Waals surface area contributed by atoms with Crippen LogP contribution in [-0.4, -0.2) is 23.4 Å². The second kappa shape index (κ2) is 6.21. The van der Waals surface area contributed by atoms with Crippen LogP contribution in [0.2, 0.25) is 0 Å². The van der Waals surface area contributed by atoms with Gasteiger partial charge in [0, 0.05) is 24.0 Å². The molecule has 0 unspecified atom stereocenters. The first kappa shape index (κ1) is 15.2. The third kappa shape index (κ3) is 2.80. The maximum atomic E-state index is 12.2. The Bertz CT molecular complexity index is 725. The number of hydrogen-bond donors (Lipinski definition) is 1. The van der Waals surface area contributed by atoms with Gasteiger partial charge in [-0.05, 0) is 37.3 Å². The van der Waals surface area contributed by atoms with E-state index in [1.54, 1.807) is 17.4 Å². The van der Waals surface area contributed by atoms with Crippen LogP contribution in [0.4, 0.5) is 5.00 Å². The molecule has 1 aliphatic heterocycles. The molecule has 2 aromatic heterocycles. The third-order valence-corrected chi connectivity index (χ3v) is 5.90. The Morgan fingerprint density at radius 1 is 1.50 bits per heavy atom. The van der Waals surface area contributed by atoms with Crippen LogP contribution in [0.1, 0.15) is 39.5 Å². The number of thiophene rings is 2. The topological polar surface area (TPSA) is 56.1 Å². The summed E-state index contributed by atoms with van der Waals surface area (Å²) in [5.41, 5.74) is 1.76. The van der Waals surface area contributed by atoms with Crippen molar-refractivity contribution >= 4 is 33.6 Å². The van der Waals surface area contributed by atoms with Gasteiger partial charge in [0.05, 0.1) is 10.4 Å². The molecule has 0 radical (unpaired) electrons. The lowest BCUT2D eigenvalue weighted by Crippen LogP contribution is -2.35. The molecule has 0 bridgehead atoms. The van der Waals surface area contributed by atoms with E-state index >= 15 is 0 Å². The summed E-state index contributed by atoms with van der Waals surface area (Å²) in [7, 11) is 0. The van der Waals surface area contributed by atoms with Gasteiger partial charge in [0.25, 0.3) is 5.91 Å². The van der Waals surface area contributed by atoms with Gasteiger partial charge in [-0.15, -0.1) is 22.7 Å². The molecule has 3 rings (SSSR count). The number of nitrogens with zero attached hydrogens (tertiary/aromatic N) is 2. The van der Waals surface area contributed by atoms with Crippen molar-refractivity contribution in [3.8, 4) is 6.07 Å². The Labute approximate surface area is 138 Å². The molecule has 1 aliphatic rings. The first-order valence-corrected chi connectivity index (χ1v) is 8.93. The second-order valence-corrected chi connectivity index (χ2v) is 7.62. The molecule has 0 saturated heterocycles. The fraction of sp³-hybridized carbons (Fsp3) is 0.375. The highest BCUT2D eigenvalue weighted by Crippen LogP contribution is 2.37. The van der Waals surface area contributed by atoms with Crippen molar-refractivity contribution < 1.29 is 4.79 Å². The Kier molecular flexibility index (Phi) is 4.30. The first-order chi connectivity index (χ1) is 10.6. The molecule has 0 aliphatic carbocycles. The number of carbonyl (C=O) groups excluding carboxylic acids is 1. The Balaban J connectivity index is 1.87. The van der Waals surface area contributed by atoms with Gasteiger partial charge in [-0.2, -0.15) is 5.26 Å². The molecule has 0 fully saturated rings. The van der Waals surface area contributed by atoms with Crippen LogP contribution < -0.4 is 5.32 Å². The highest BCUT2D eigenvalue weighted by molar-refractivity contribution is 7.17. The van der Waals surface area contributed by atoms with Crippen LogP contribution in [0.5, 0.6) is 0 Å². The van der Waals surface area contributed by atoms with Crippen molar-refractivity contribution in [1.29, 1.82) is 5.26 Å². The van der Waals surface area contributed by atoms with Crippen LogP contribution in [-0.2, 0) is 13.0 Å². The molecule has 0 saturated carbocycles. The molecule has 3 heterocycles. The zero-order valence-corrected chi connectivity index (χ0v) is 14.2. The number of hydrogen-bond acceptors (Lipinski definition) is 5. The minimum Gasteiger partial charge on any atom is -0.312 e. The van der Waals surface area contributed by atoms with Crippen molar-refractivity contribution in [2.75, 3.05) is 11.9 Å². The summed E-state index contributed by atoms with van der Waals surface area (Å²) in [6.07, 6.45) is 0.877. The molecule has 2 aromatic rings. The predicted octanol–water partition coefficient (Wildman–Crippen LogP) is 3.70. The summed E-state index contributed by atoms with van der Waals surface area (Å²) in [4.78, 5) is 16.5. The average molecular weight is 331 g/mol. The number of fused-ring (bicyclic) bond motifs is 1. The fourth-order valence-corrected chi connectivity index (χ4v) is 4.48. The minimum atomic E-state index is -0.134.